The lowest BCUT2D eigenvalue weighted by Gasteiger charge is -2.35. The number of amides is 1. The third-order valence-electron chi connectivity index (χ3n) is 4.99. The number of carbonyl (C=O) groups is 1. The Labute approximate surface area is 138 Å². The molecular weight excluding hydrogens is 290 g/mol. The topological polar surface area (TPSA) is 52.6 Å². The average Bonchev–Trinajstić information content (AvgIpc) is 3.14. The molecule has 23 heavy (non-hydrogen) atoms. The van der Waals surface area contributed by atoms with Crippen molar-refractivity contribution >= 4 is 17.7 Å². The van der Waals surface area contributed by atoms with E-state index in [1.165, 1.54) is 0 Å². The van der Waals surface area contributed by atoms with Crippen LogP contribution in [-0.4, -0.2) is 60.0 Å². The van der Waals surface area contributed by atoms with Crippen LogP contribution in [0.2, 0.25) is 0 Å². The average molecular weight is 317 g/mol. The van der Waals surface area contributed by atoms with Gasteiger partial charge in [0.15, 0.2) is 0 Å². The lowest BCUT2D eigenvalue weighted by atomic mass is 10.0. The maximum absolute atomic E-state index is 11.9. The van der Waals surface area contributed by atoms with E-state index in [2.05, 4.69) is 9.88 Å². The van der Waals surface area contributed by atoms with Crippen molar-refractivity contribution in [3.8, 4) is 0 Å². The third kappa shape index (κ3) is 3.12. The van der Waals surface area contributed by atoms with Crippen molar-refractivity contribution in [3.63, 3.8) is 0 Å². The summed E-state index contributed by atoms with van der Waals surface area (Å²) in [5.74, 6) is 1.94. The van der Waals surface area contributed by atoms with Crippen LogP contribution >= 0.6 is 0 Å². The maximum atomic E-state index is 11.9. The molecule has 0 radical (unpaired) electrons. The summed E-state index contributed by atoms with van der Waals surface area (Å²) in [6, 6.07) is 2.66. The molecule has 0 aliphatic carbocycles. The van der Waals surface area contributed by atoms with E-state index >= 15 is 0 Å². The first-order chi connectivity index (χ1) is 11.0. The third-order valence-corrected chi connectivity index (χ3v) is 4.99. The van der Waals surface area contributed by atoms with Crippen LogP contribution in [0.4, 0.5) is 11.8 Å². The highest BCUT2D eigenvalue weighted by atomic mass is 16.2. The molecule has 6 nitrogen and oxygen atoms in total. The summed E-state index contributed by atoms with van der Waals surface area (Å²) in [4.78, 5) is 27.7. The summed E-state index contributed by atoms with van der Waals surface area (Å²) in [5, 5.41) is 0. The molecule has 6 heteroatoms. The maximum Gasteiger partial charge on any atom is 0.227 e. The van der Waals surface area contributed by atoms with Crippen LogP contribution in [0.15, 0.2) is 6.07 Å². The number of likely N-dealkylation sites (tertiary alicyclic amines) is 1. The van der Waals surface area contributed by atoms with Crippen molar-refractivity contribution in [1.29, 1.82) is 0 Å². The van der Waals surface area contributed by atoms with Crippen molar-refractivity contribution in [2.24, 2.45) is 0 Å². The highest BCUT2D eigenvalue weighted by Gasteiger charge is 2.39. The lowest BCUT2D eigenvalue weighted by molar-refractivity contribution is -0.129. The van der Waals surface area contributed by atoms with Crippen molar-refractivity contribution in [3.05, 3.63) is 11.8 Å². The van der Waals surface area contributed by atoms with Crippen molar-refractivity contribution in [1.82, 2.24) is 14.9 Å². The van der Waals surface area contributed by atoms with Gasteiger partial charge in [0.2, 0.25) is 11.9 Å². The second-order valence-electron chi connectivity index (χ2n) is 6.89. The van der Waals surface area contributed by atoms with Gasteiger partial charge in [-0.2, -0.15) is 4.98 Å². The molecule has 1 aromatic rings. The van der Waals surface area contributed by atoms with Crippen LogP contribution in [-0.2, 0) is 4.79 Å². The molecule has 1 aromatic heterocycles. The Hall–Kier alpha value is -1.85. The fourth-order valence-electron chi connectivity index (χ4n) is 3.92. The molecule has 0 bridgehead atoms. The summed E-state index contributed by atoms with van der Waals surface area (Å²) in [5.41, 5.74) is 0.985. The van der Waals surface area contributed by atoms with E-state index in [9.17, 15) is 4.79 Å². The molecule has 3 heterocycles. The van der Waals surface area contributed by atoms with E-state index in [-0.39, 0.29) is 5.91 Å². The summed E-state index contributed by atoms with van der Waals surface area (Å²) < 4.78 is 0. The summed E-state index contributed by atoms with van der Waals surface area (Å²) in [7, 11) is 4.00. The fourth-order valence-corrected chi connectivity index (χ4v) is 3.92. The Morgan fingerprint density at radius 2 is 1.87 bits per heavy atom. The number of hydrogen-bond acceptors (Lipinski definition) is 5. The van der Waals surface area contributed by atoms with E-state index in [1.807, 2.05) is 36.9 Å². The molecule has 0 N–H and O–H groups in total. The minimum absolute atomic E-state index is 0.193. The minimum Gasteiger partial charge on any atom is -0.363 e. The smallest absolute Gasteiger partial charge is 0.227 e. The molecule has 0 spiro atoms. The normalized spacial score (nSPS) is 24.3. The summed E-state index contributed by atoms with van der Waals surface area (Å²) in [6.45, 7) is 5.57. The van der Waals surface area contributed by atoms with Crippen LogP contribution in [0.25, 0.3) is 0 Å². The second kappa shape index (κ2) is 6.34. The highest BCUT2D eigenvalue weighted by molar-refractivity contribution is 5.74. The van der Waals surface area contributed by atoms with E-state index in [0.29, 0.717) is 12.1 Å². The molecule has 126 valence electrons. The van der Waals surface area contributed by atoms with Gasteiger partial charge in [0.05, 0.1) is 12.1 Å². The molecule has 2 aliphatic rings. The van der Waals surface area contributed by atoms with Crippen LogP contribution < -0.4 is 9.80 Å². The van der Waals surface area contributed by atoms with E-state index < -0.39 is 0 Å². The van der Waals surface area contributed by atoms with Gasteiger partial charge in [-0.3, -0.25) is 4.79 Å². The van der Waals surface area contributed by atoms with Crippen molar-refractivity contribution in [2.45, 2.75) is 51.6 Å². The van der Waals surface area contributed by atoms with Gasteiger partial charge in [-0.25, -0.2) is 4.98 Å². The van der Waals surface area contributed by atoms with E-state index in [1.54, 1.807) is 6.92 Å². The quantitative estimate of drug-likeness (QED) is 0.851. The largest absolute Gasteiger partial charge is 0.363 e. The molecular formula is C17H27N5O. The van der Waals surface area contributed by atoms with Gasteiger partial charge >= 0.3 is 0 Å². The molecule has 2 saturated heterocycles. The van der Waals surface area contributed by atoms with Crippen LogP contribution in [0.1, 0.15) is 38.3 Å². The Morgan fingerprint density at radius 3 is 2.57 bits per heavy atom. The van der Waals surface area contributed by atoms with Crippen molar-refractivity contribution < 1.29 is 4.79 Å². The molecule has 3 rings (SSSR count). The molecule has 0 saturated carbocycles. The monoisotopic (exact) mass is 317 g/mol. The van der Waals surface area contributed by atoms with Gasteiger partial charge in [-0.15, -0.1) is 0 Å². The zero-order valence-corrected chi connectivity index (χ0v) is 14.6. The predicted octanol–water partition coefficient (Wildman–Crippen LogP) is 1.83. The summed E-state index contributed by atoms with van der Waals surface area (Å²) in [6.07, 6.45) is 4.45. The first-order valence-electron chi connectivity index (χ1n) is 8.54. The Bertz CT molecular complexity index is 588. The molecule has 0 unspecified atom stereocenters. The SMILES string of the molecule is CC(=O)N1CCC[C@@H]1[C@@H]1CCCN1c1nc(C)cc(N(C)C)n1. The number of aromatic nitrogens is 2. The van der Waals surface area contributed by atoms with Gasteiger partial charge < -0.3 is 14.7 Å². The van der Waals surface area contributed by atoms with E-state index in [0.717, 1.165) is 56.2 Å². The molecule has 0 aromatic carbocycles. The number of hydrogen-bond donors (Lipinski definition) is 0. The number of aryl methyl sites for hydroxylation is 1. The Kier molecular flexibility index (Phi) is 4.41. The molecule has 2 atom stereocenters. The van der Waals surface area contributed by atoms with Gasteiger partial charge in [0, 0.05) is 45.9 Å². The minimum atomic E-state index is 0.193. The number of nitrogens with zero attached hydrogens (tertiary/aromatic N) is 5. The van der Waals surface area contributed by atoms with Gasteiger partial charge in [0.1, 0.15) is 5.82 Å². The lowest BCUT2D eigenvalue weighted by Crippen LogP contribution is -2.48. The van der Waals surface area contributed by atoms with Crippen LogP contribution in [0.3, 0.4) is 0 Å². The fraction of sp³-hybridized carbons (Fsp3) is 0.706. The van der Waals surface area contributed by atoms with Crippen LogP contribution in [0, 0.1) is 6.92 Å². The first kappa shape index (κ1) is 16.0. The Morgan fingerprint density at radius 1 is 1.17 bits per heavy atom. The number of rotatable bonds is 3. The second-order valence-corrected chi connectivity index (χ2v) is 6.89. The predicted molar refractivity (Wildman–Crippen MR) is 91.9 cm³/mol. The highest BCUT2D eigenvalue weighted by Crippen LogP contribution is 2.32. The zero-order valence-electron chi connectivity index (χ0n) is 14.6. The molecule has 1 amide bonds. The number of carbonyl (C=O) groups excluding carboxylic acids is 1. The first-order valence-corrected chi connectivity index (χ1v) is 8.54. The Balaban J connectivity index is 1.88. The zero-order chi connectivity index (χ0) is 16.6. The standard InChI is InChI=1S/C17H27N5O/c1-12-11-16(20(3)4)19-17(18-12)22-10-6-8-15(22)14-7-5-9-21(14)13(2)23/h11,14-15H,5-10H2,1-4H3/t14-,15+/m1/s1. The summed E-state index contributed by atoms with van der Waals surface area (Å²) >= 11 is 0. The van der Waals surface area contributed by atoms with E-state index in [4.69, 9.17) is 4.98 Å². The van der Waals surface area contributed by atoms with Gasteiger partial charge in [-0.1, -0.05) is 0 Å². The van der Waals surface area contributed by atoms with Crippen molar-refractivity contribution in [2.75, 3.05) is 37.0 Å². The van der Waals surface area contributed by atoms with Gasteiger partial charge in [0.25, 0.3) is 0 Å². The molecule has 2 aliphatic heterocycles. The number of anilines is 2. The molecule has 2 fully saturated rings. The van der Waals surface area contributed by atoms with Crippen LogP contribution in [0.5, 0.6) is 0 Å². The van der Waals surface area contributed by atoms with Gasteiger partial charge in [-0.05, 0) is 32.6 Å².